The minimum Gasteiger partial charge on any atom is -0.398 e. The average Bonchev–Trinajstić information content (AvgIpc) is 2.94. The number of hydrogen-bond acceptors (Lipinski definition) is 4. The summed E-state index contributed by atoms with van der Waals surface area (Å²) in [4.78, 5) is 11.6. The summed E-state index contributed by atoms with van der Waals surface area (Å²) in [6.45, 7) is 3.67. The standard InChI is InChI=1S/C15H12BrN3.C15H4.BrN3.4H2/c1-9-14(10-5-3-2-4-6-10)19-15-12(18-9)8-7-11(17)13(15)16;1-3-5-7-9-11-13-15-14-12-10-8-6-4-2;1-3-4-2;;;;/h2-8H,17H2,1H3;1H,2H3;;4*1H. The van der Waals surface area contributed by atoms with Crippen LogP contribution >= 0.6 is 32.1 Å². The Morgan fingerprint density at radius 3 is 1.92 bits per heavy atom. The van der Waals surface area contributed by atoms with Crippen LogP contribution < -0.4 is 5.73 Å². The fraction of sp³-hybridized carbons (Fsp3) is 0.0667. The molecular weight excluding hydrogens is 604 g/mol. The van der Waals surface area contributed by atoms with E-state index in [1.165, 1.54) is 0 Å². The highest BCUT2D eigenvalue weighted by Gasteiger charge is 2.10. The second-order valence-corrected chi connectivity index (χ2v) is 7.40. The Balaban J connectivity index is -0.000000287. The number of hydrogen-bond donors (Lipinski definition) is 1. The molecular formula is C30H24Br2N6. The van der Waals surface area contributed by atoms with Crippen LogP contribution in [0, 0.1) is 90.3 Å². The number of benzene rings is 2. The first kappa shape index (κ1) is 30.8. The van der Waals surface area contributed by atoms with Crippen molar-refractivity contribution in [3.05, 3.63) is 63.1 Å². The van der Waals surface area contributed by atoms with Crippen molar-refractivity contribution in [1.82, 2.24) is 9.97 Å². The molecule has 6 nitrogen and oxygen atoms in total. The largest absolute Gasteiger partial charge is 0.398 e. The summed E-state index contributed by atoms with van der Waals surface area (Å²) in [6.07, 6.45) is 4.87. The van der Waals surface area contributed by atoms with E-state index in [1.807, 2.05) is 49.4 Å². The van der Waals surface area contributed by atoms with Gasteiger partial charge in [-0.25, -0.2) is 9.97 Å². The third-order valence-electron chi connectivity index (χ3n) is 3.88. The normalized spacial score (nSPS) is 7.34. The number of azide groups is 1. The van der Waals surface area contributed by atoms with Gasteiger partial charge in [0, 0.05) is 38.0 Å². The summed E-state index contributed by atoms with van der Waals surface area (Å²) in [5.74, 6) is 31.9. The number of rotatable bonds is 1. The van der Waals surface area contributed by atoms with Crippen LogP contribution in [0.5, 0.6) is 0 Å². The number of nitrogen functional groups attached to an aromatic ring is 1. The average molecular weight is 628 g/mol. The Hall–Kier alpha value is -5.23. The van der Waals surface area contributed by atoms with Crippen LogP contribution in [0.2, 0.25) is 0 Å². The van der Waals surface area contributed by atoms with E-state index in [0.717, 1.165) is 32.5 Å². The van der Waals surface area contributed by atoms with Gasteiger partial charge in [-0.05, 0) is 123 Å². The van der Waals surface area contributed by atoms with Crippen molar-refractivity contribution >= 4 is 48.8 Å². The van der Waals surface area contributed by atoms with E-state index >= 15 is 0 Å². The van der Waals surface area contributed by atoms with Gasteiger partial charge < -0.3 is 5.73 Å². The van der Waals surface area contributed by atoms with Crippen LogP contribution in [0.15, 0.2) is 51.1 Å². The lowest BCUT2D eigenvalue weighted by atomic mass is 10.1. The summed E-state index contributed by atoms with van der Waals surface area (Å²) in [7, 11) is 0. The number of terminal acetylenes is 1. The first-order valence-corrected chi connectivity index (χ1v) is 11.8. The molecule has 0 spiro atoms. The third kappa shape index (κ3) is 11.5. The minimum absolute atomic E-state index is 0. The van der Waals surface area contributed by atoms with E-state index in [1.54, 1.807) is 6.92 Å². The molecule has 3 aromatic rings. The van der Waals surface area contributed by atoms with E-state index < -0.39 is 0 Å². The summed E-state index contributed by atoms with van der Waals surface area (Å²) in [5, 5.41) is 0. The van der Waals surface area contributed by atoms with Crippen molar-refractivity contribution in [3.63, 3.8) is 0 Å². The molecule has 0 fully saturated rings. The van der Waals surface area contributed by atoms with Crippen molar-refractivity contribution in [2.24, 2.45) is 4.14 Å². The first-order chi connectivity index (χ1) is 18.5. The van der Waals surface area contributed by atoms with Crippen LogP contribution in [-0.4, -0.2) is 9.97 Å². The molecule has 188 valence electrons. The van der Waals surface area contributed by atoms with Crippen LogP contribution in [0.4, 0.5) is 5.69 Å². The number of halogens is 2. The van der Waals surface area contributed by atoms with E-state index in [4.69, 9.17) is 22.7 Å². The van der Waals surface area contributed by atoms with Gasteiger partial charge in [0.05, 0.1) is 21.4 Å². The SMILES string of the molecule is C#CC#CC#CC#CC#CC#CC#CC.Cc1nc2ccc(N)c(Br)c2nc1-c1ccccc1.[HH].[HH].[HH].[HH].[N-]=[N+]=NBr. The molecule has 3 rings (SSSR count). The van der Waals surface area contributed by atoms with Crippen LogP contribution in [0.1, 0.15) is 18.3 Å². The lowest BCUT2D eigenvalue weighted by molar-refractivity contribution is 1.19. The number of anilines is 1. The van der Waals surface area contributed by atoms with Crippen LogP contribution in [0.3, 0.4) is 0 Å². The summed E-state index contributed by atoms with van der Waals surface area (Å²) >= 11 is 5.94. The Labute approximate surface area is 245 Å². The predicted octanol–water partition coefficient (Wildman–Crippen LogP) is 7.20. The quantitative estimate of drug-likeness (QED) is 0.101. The number of nitrogens with two attached hydrogens (primary N) is 1. The van der Waals surface area contributed by atoms with Gasteiger partial charge in [0.15, 0.2) is 0 Å². The maximum Gasteiger partial charge on any atom is 0.106 e. The van der Waals surface area contributed by atoms with Gasteiger partial charge in [0.25, 0.3) is 0 Å². The molecule has 8 heteroatoms. The van der Waals surface area contributed by atoms with Gasteiger partial charge in [-0.1, -0.05) is 36.3 Å². The van der Waals surface area contributed by atoms with Gasteiger partial charge >= 0.3 is 0 Å². The summed E-state index contributed by atoms with van der Waals surface area (Å²) in [5.41, 5.74) is 18.4. The van der Waals surface area contributed by atoms with E-state index in [2.05, 4.69) is 123 Å². The Kier molecular flexibility index (Phi) is 15.4. The molecule has 0 aliphatic carbocycles. The highest BCUT2D eigenvalue weighted by Crippen LogP contribution is 2.30. The lowest BCUT2D eigenvalue weighted by Crippen LogP contribution is -1.97. The Bertz CT molecular complexity index is 1780. The fourth-order valence-corrected chi connectivity index (χ4v) is 2.87. The molecule has 0 saturated heterocycles. The fourth-order valence-electron chi connectivity index (χ4n) is 2.44. The maximum atomic E-state index is 7.29. The third-order valence-corrected chi connectivity index (χ3v) is 4.86. The zero-order valence-corrected chi connectivity index (χ0v) is 23.4. The molecule has 0 atom stereocenters. The minimum atomic E-state index is 0. The molecule has 0 aliphatic rings. The smallest absolute Gasteiger partial charge is 0.106 e. The molecule has 0 radical (unpaired) electrons. The van der Waals surface area contributed by atoms with Crippen LogP contribution in [-0.2, 0) is 0 Å². The van der Waals surface area contributed by atoms with Gasteiger partial charge in [0.2, 0.25) is 0 Å². The van der Waals surface area contributed by atoms with Crippen molar-refractivity contribution in [1.29, 1.82) is 0 Å². The highest BCUT2D eigenvalue weighted by atomic mass is 79.9. The van der Waals surface area contributed by atoms with E-state index in [-0.39, 0.29) is 5.71 Å². The zero-order valence-electron chi connectivity index (χ0n) is 20.2. The molecule has 0 aliphatic heterocycles. The molecule has 38 heavy (non-hydrogen) atoms. The number of aryl methyl sites for hydroxylation is 1. The monoisotopic (exact) mass is 626 g/mol. The lowest BCUT2D eigenvalue weighted by Gasteiger charge is -2.09. The zero-order chi connectivity index (χ0) is 28.0. The second-order valence-electron chi connectivity index (χ2n) is 6.29. The molecule has 0 saturated carbocycles. The van der Waals surface area contributed by atoms with E-state index in [9.17, 15) is 0 Å². The van der Waals surface area contributed by atoms with Gasteiger partial charge in [-0.3, -0.25) is 0 Å². The van der Waals surface area contributed by atoms with Crippen molar-refractivity contribution in [2.75, 3.05) is 5.73 Å². The molecule has 0 amide bonds. The second kappa shape index (κ2) is 19.0. The summed E-state index contributed by atoms with van der Waals surface area (Å²) in [6, 6.07) is 13.8. The number of aromatic nitrogens is 2. The molecule has 0 bridgehead atoms. The van der Waals surface area contributed by atoms with Crippen molar-refractivity contribution in [3.8, 4) is 94.6 Å². The van der Waals surface area contributed by atoms with Crippen LogP contribution in [0.25, 0.3) is 32.7 Å². The van der Waals surface area contributed by atoms with Gasteiger partial charge in [-0.15, -0.1) is 6.42 Å². The number of nitrogens with zero attached hydrogens (tertiary/aromatic N) is 5. The predicted molar refractivity (Wildman–Crippen MR) is 170 cm³/mol. The van der Waals surface area contributed by atoms with E-state index in [0.29, 0.717) is 5.69 Å². The Morgan fingerprint density at radius 2 is 1.42 bits per heavy atom. The van der Waals surface area contributed by atoms with Crippen molar-refractivity contribution in [2.45, 2.75) is 13.8 Å². The maximum absolute atomic E-state index is 7.29. The topological polar surface area (TPSA) is 101 Å². The van der Waals surface area contributed by atoms with Crippen molar-refractivity contribution < 1.29 is 5.71 Å². The first-order valence-electron chi connectivity index (χ1n) is 10.3. The summed E-state index contributed by atoms with van der Waals surface area (Å²) < 4.78 is 3.53. The molecule has 0 unspecified atom stereocenters. The van der Waals surface area contributed by atoms with Gasteiger partial charge in [0.1, 0.15) is 5.52 Å². The Morgan fingerprint density at radius 1 is 0.895 bits per heavy atom. The highest BCUT2D eigenvalue weighted by molar-refractivity contribution is 9.10. The van der Waals surface area contributed by atoms with Gasteiger partial charge in [-0.2, -0.15) is 0 Å². The molecule has 1 aromatic heterocycles. The molecule has 2 aromatic carbocycles. The molecule has 2 N–H and O–H groups in total. The molecule has 1 heterocycles. The number of fused-ring (bicyclic) bond motifs is 1.